The lowest BCUT2D eigenvalue weighted by atomic mass is 10.2. The minimum absolute atomic E-state index is 0.0946. The first kappa shape index (κ1) is 17.1. The van der Waals surface area contributed by atoms with E-state index in [2.05, 4.69) is 15.0 Å². The van der Waals surface area contributed by atoms with Gasteiger partial charge in [0.15, 0.2) is 17.2 Å². The first-order valence-electron chi connectivity index (χ1n) is 8.08. The van der Waals surface area contributed by atoms with E-state index in [-0.39, 0.29) is 28.4 Å². The molecule has 0 atom stereocenters. The van der Waals surface area contributed by atoms with Gasteiger partial charge in [-0.1, -0.05) is 18.2 Å². The summed E-state index contributed by atoms with van der Waals surface area (Å²) in [5, 5.41) is 10.8. The van der Waals surface area contributed by atoms with Crippen molar-refractivity contribution < 1.29 is 9.72 Å². The number of benzene rings is 2. The highest BCUT2D eigenvalue weighted by Crippen LogP contribution is 2.23. The van der Waals surface area contributed by atoms with E-state index in [1.54, 1.807) is 30.3 Å². The lowest BCUT2D eigenvalue weighted by molar-refractivity contribution is -0.384. The van der Waals surface area contributed by atoms with Crippen LogP contribution in [0.25, 0.3) is 28.2 Å². The molecular weight excluding hydrogens is 364 g/mol. The molecule has 0 fully saturated rings. The van der Waals surface area contributed by atoms with Gasteiger partial charge in [-0.05, 0) is 24.3 Å². The van der Waals surface area contributed by atoms with Crippen molar-refractivity contribution >= 4 is 22.8 Å². The number of H-pyrrole nitrogens is 1. The predicted molar refractivity (Wildman–Crippen MR) is 100 cm³/mol. The first-order valence-corrected chi connectivity index (χ1v) is 8.08. The minimum atomic E-state index is -0.836. The zero-order chi connectivity index (χ0) is 19.8. The van der Waals surface area contributed by atoms with Gasteiger partial charge in [-0.2, -0.15) is 0 Å². The van der Waals surface area contributed by atoms with E-state index in [0.717, 1.165) is 0 Å². The Morgan fingerprint density at radius 2 is 1.75 bits per heavy atom. The molecule has 0 aliphatic heterocycles. The molecule has 0 bridgehead atoms. The Labute approximate surface area is 156 Å². The van der Waals surface area contributed by atoms with Crippen LogP contribution in [0.15, 0.2) is 59.4 Å². The van der Waals surface area contributed by atoms with Crippen LogP contribution < -0.4 is 11.4 Å². The van der Waals surface area contributed by atoms with Crippen molar-refractivity contribution in [2.45, 2.75) is 0 Å². The first-order chi connectivity index (χ1) is 13.5. The maximum atomic E-state index is 12.5. The number of primary amides is 1. The van der Waals surface area contributed by atoms with E-state index in [9.17, 15) is 19.7 Å². The second-order valence-corrected chi connectivity index (χ2v) is 5.86. The molecule has 0 aliphatic rings. The van der Waals surface area contributed by atoms with E-state index in [0.29, 0.717) is 11.3 Å². The number of hydrogen-bond donors (Lipinski definition) is 2. The van der Waals surface area contributed by atoms with Gasteiger partial charge in [-0.15, -0.1) is 0 Å². The van der Waals surface area contributed by atoms with Crippen LogP contribution in [0.4, 0.5) is 5.69 Å². The van der Waals surface area contributed by atoms with Gasteiger partial charge in [-0.3, -0.25) is 14.9 Å². The van der Waals surface area contributed by atoms with E-state index >= 15 is 0 Å². The smallest absolute Gasteiger partial charge is 0.332 e. The fourth-order valence-electron chi connectivity index (χ4n) is 2.84. The third-order valence-corrected chi connectivity index (χ3v) is 4.12. The largest absolute Gasteiger partial charge is 0.364 e. The lowest BCUT2D eigenvalue weighted by Crippen LogP contribution is -2.15. The van der Waals surface area contributed by atoms with Crippen molar-refractivity contribution in [2.75, 3.05) is 0 Å². The number of aromatic nitrogens is 4. The summed E-state index contributed by atoms with van der Waals surface area (Å²) in [5.74, 6) is -0.725. The number of rotatable bonds is 4. The molecule has 0 spiro atoms. The van der Waals surface area contributed by atoms with Crippen LogP contribution in [0, 0.1) is 10.1 Å². The van der Waals surface area contributed by atoms with Gasteiger partial charge >= 0.3 is 5.69 Å². The molecule has 4 aromatic rings. The molecule has 0 radical (unpaired) electrons. The number of non-ortho nitro benzene ring substituents is 1. The maximum absolute atomic E-state index is 12.5. The SMILES string of the molecule is NC(=O)c1nc(-c2ccc([N+](=O)[O-])cc2)nc2c1[nH]c(=O)n2-c1ccccc1. The van der Waals surface area contributed by atoms with Crippen LogP contribution in [0.3, 0.4) is 0 Å². The molecule has 0 saturated heterocycles. The molecular formula is C18H12N6O4. The van der Waals surface area contributed by atoms with Crippen molar-refractivity contribution in [1.82, 2.24) is 19.5 Å². The Kier molecular flexibility index (Phi) is 3.93. The molecule has 0 unspecified atom stereocenters. The number of nitro benzene ring substituents is 1. The number of carbonyl (C=O) groups is 1. The zero-order valence-electron chi connectivity index (χ0n) is 14.2. The molecule has 10 nitrogen and oxygen atoms in total. The van der Waals surface area contributed by atoms with Crippen molar-refractivity contribution in [3.63, 3.8) is 0 Å². The van der Waals surface area contributed by atoms with Crippen LogP contribution in [0.5, 0.6) is 0 Å². The van der Waals surface area contributed by atoms with Gasteiger partial charge in [0, 0.05) is 17.7 Å². The number of carbonyl (C=O) groups excluding carboxylic acids is 1. The molecule has 10 heteroatoms. The van der Waals surface area contributed by atoms with Gasteiger partial charge in [0.1, 0.15) is 5.52 Å². The number of nitrogens with one attached hydrogen (secondary N) is 1. The standard InChI is InChI=1S/C18H12N6O4/c19-15(25)13-14-17(23(18(26)21-14)11-4-2-1-3-5-11)22-16(20-13)10-6-8-12(9-7-10)24(27)28/h1-9H,(H2,19,25)(H,21,26). The molecule has 2 heterocycles. The summed E-state index contributed by atoms with van der Waals surface area (Å²) in [6, 6.07) is 14.3. The Bertz CT molecular complexity index is 1280. The van der Waals surface area contributed by atoms with Crippen molar-refractivity contribution in [3.8, 4) is 17.1 Å². The van der Waals surface area contributed by atoms with Crippen LogP contribution >= 0.6 is 0 Å². The van der Waals surface area contributed by atoms with Gasteiger partial charge in [-0.25, -0.2) is 19.3 Å². The highest BCUT2D eigenvalue weighted by atomic mass is 16.6. The Hall–Kier alpha value is -4.34. The number of nitro groups is 1. The number of imidazole rings is 1. The summed E-state index contributed by atoms with van der Waals surface area (Å²) in [4.78, 5) is 45.8. The number of fused-ring (bicyclic) bond motifs is 1. The highest BCUT2D eigenvalue weighted by Gasteiger charge is 2.20. The van der Waals surface area contributed by atoms with Gasteiger partial charge < -0.3 is 10.7 Å². The summed E-state index contributed by atoms with van der Waals surface area (Å²) < 4.78 is 1.30. The van der Waals surface area contributed by atoms with E-state index in [1.165, 1.54) is 28.8 Å². The maximum Gasteiger partial charge on any atom is 0.332 e. The molecule has 4 rings (SSSR count). The topological polar surface area (TPSA) is 150 Å². The Morgan fingerprint density at radius 3 is 2.36 bits per heavy atom. The van der Waals surface area contributed by atoms with Gasteiger partial charge in [0.05, 0.1) is 10.6 Å². The molecule has 2 aromatic carbocycles. The van der Waals surface area contributed by atoms with E-state index in [4.69, 9.17) is 5.73 Å². The third kappa shape index (κ3) is 2.78. The quantitative estimate of drug-likeness (QED) is 0.409. The summed E-state index contributed by atoms with van der Waals surface area (Å²) in [6.07, 6.45) is 0. The second-order valence-electron chi connectivity index (χ2n) is 5.86. The average Bonchev–Trinajstić information content (AvgIpc) is 3.03. The van der Waals surface area contributed by atoms with Crippen LogP contribution in [-0.2, 0) is 0 Å². The summed E-state index contributed by atoms with van der Waals surface area (Å²) in [7, 11) is 0. The normalized spacial score (nSPS) is 10.9. The van der Waals surface area contributed by atoms with E-state index in [1.807, 2.05) is 0 Å². The zero-order valence-corrected chi connectivity index (χ0v) is 14.2. The number of nitrogens with two attached hydrogens (primary N) is 1. The van der Waals surface area contributed by atoms with Gasteiger partial charge in [0.2, 0.25) is 0 Å². The summed E-state index contributed by atoms with van der Waals surface area (Å²) in [5.41, 5.74) is 5.96. The molecule has 0 saturated carbocycles. The molecule has 3 N–H and O–H groups in total. The Morgan fingerprint density at radius 1 is 1.07 bits per heavy atom. The molecule has 2 aromatic heterocycles. The molecule has 138 valence electrons. The number of para-hydroxylation sites is 1. The van der Waals surface area contributed by atoms with Crippen LogP contribution in [0.2, 0.25) is 0 Å². The highest BCUT2D eigenvalue weighted by molar-refractivity contribution is 6.02. The predicted octanol–water partition coefficient (Wildman–Crippen LogP) is 1.78. The average molecular weight is 376 g/mol. The minimum Gasteiger partial charge on any atom is -0.364 e. The fourth-order valence-corrected chi connectivity index (χ4v) is 2.84. The number of hydrogen-bond acceptors (Lipinski definition) is 6. The van der Waals surface area contributed by atoms with Crippen molar-refractivity contribution in [3.05, 3.63) is 80.9 Å². The third-order valence-electron chi connectivity index (χ3n) is 4.12. The second kappa shape index (κ2) is 6.43. The lowest BCUT2D eigenvalue weighted by Gasteiger charge is -2.06. The molecule has 1 amide bonds. The number of aromatic amines is 1. The molecule has 0 aliphatic carbocycles. The van der Waals surface area contributed by atoms with Crippen molar-refractivity contribution in [1.29, 1.82) is 0 Å². The Balaban J connectivity index is 2.00. The number of amides is 1. The van der Waals surface area contributed by atoms with E-state index < -0.39 is 16.5 Å². The van der Waals surface area contributed by atoms with Crippen LogP contribution in [-0.4, -0.2) is 30.3 Å². The summed E-state index contributed by atoms with van der Waals surface area (Å²) >= 11 is 0. The molecule has 28 heavy (non-hydrogen) atoms. The fraction of sp³-hybridized carbons (Fsp3) is 0. The number of nitrogens with zero attached hydrogens (tertiary/aromatic N) is 4. The van der Waals surface area contributed by atoms with Gasteiger partial charge in [0.25, 0.3) is 11.6 Å². The van der Waals surface area contributed by atoms with Crippen molar-refractivity contribution in [2.24, 2.45) is 5.73 Å². The monoisotopic (exact) mass is 376 g/mol. The summed E-state index contributed by atoms with van der Waals surface area (Å²) in [6.45, 7) is 0. The van der Waals surface area contributed by atoms with Crippen LogP contribution in [0.1, 0.15) is 10.5 Å².